The number of nitrogens with zero attached hydrogens (tertiary/aromatic N) is 2. The predicted molar refractivity (Wildman–Crippen MR) is 132 cm³/mol. The highest BCUT2D eigenvalue weighted by molar-refractivity contribution is 5.72. The molecule has 0 bridgehead atoms. The van der Waals surface area contributed by atoms with Gasteiger partial charge in [0, 0.05) is 18.7 Å². The molecule has 1 aromatic heterocycles. The van der Waals surface area contributed by atoms with Gasteiger partial charge in [-0.25, -0.2) is 4.98 Å². The molecule has 1 fully saturated rings. The van der Waals surface area contributed by atoms with Crippen molar-refractivity contribution in [2.75, 3.05) is 19.7 Å². The van der Waals surface area contributed by atoms with Gasteiger partial charge in [0.15, 0.2) is 0 Å². The minimum absolute atomic E-state index is 0.0205. The molecule has 0 amide bonds. The number of carbonyl (C=O) groups excluding carboxylic acids is 1. The molecule has 1 aliphatic heterocycles. The molecule has 34 heavy (non-hydrogen) atoms. The summed E-state index contributed by atoms with van der Waals surface area (Å²) >= 11 is 0. The zero-order valence-corrected chi connectivity index (χ0v) is 20.6. The van der Waals surface area contributed by atoms with Crippen molar-refractivity contribution < 1.29 is 18.7 Å². The van der Waals surface area contributed by atoms with Crippen LogP contribution in [0.1, 0.15) is 47.9 Å². The van der Waals surface area contributed by atoms with Crippen molar-refractivity contribution in [3.63, 3.8) is 0 Å². The molecule has 0 radical (unpaired) electrons. The van der Waals surface area contributed by atoms with E-state index in [-0.39, 0.29) is 11.9 Å². The summed E-state index contributed by atoms with van der Waals surface area (Å²) < 4.78 is 17.2. The molecule has 0 aliphatic carbocycles. The number of hydrogen-bond donors (Lipinski definition) is 0. The van der Waals surface area contributed by atoms with Crippen LogP contribution in [0.2, 0.25) is 0 Å². The molecule has 1 aliphatic rings. The van der Waals surface area contributed by atoms with Gasteiger partial charge in [-0.05, 0) is 76.4 Å². The molecule has 6 heteroatoms. The zero-order valence-electron chi connectivity index (χ0n) is 20.6. The number of hydrogen-bond acceptors (Lipinski definition) is 6. The van der Waals surface area contributed by atoms with E-state index in [4.69, 9.17) is 13.9 Å². The maximum atomic E-state index is 12.1. The molecule has 0 spiro atoms. The average Bonchev–Trinajstić information content (AvgIpc) is 3.20. The molecule has 1 saturated heterocycles. The van der Waals surface area contributed by atoms with E-state index in [1.165, 1.54) is 11.1 Å². The number of carbonyl (C=O) groups is 1. The number of likely N-dealkylation sites (tertiary alicyclic amines) is 1. The molecule has 4 rings (SSSR count). The largest absolute Gasteiger partial charge is 0.487 e. The SMILES string of the molecule is CCOC(=O)C1CCCN(Cc2ccc(OCc3nc(-c4ccc(C)cc4)oc3C)c(C)c2)C1. The fourth-order valence-corrected chi connectivity index (χ4v) is 4.41. The van der Waals surface area contributed by atoms with Crippen LogP contribution in [0.15, 0.2) is 46.9 Å². The van der Waals surface area contributed by atoms with Gasteiger partial charge in [-0.1, -0.05) is 29.8 Å². The summed E-state index contributed by atoms with van der Waals surface area (Å²) in [6, 6.07) is 14.4. The summed E-state index contributed by atoms with van der Waals surface area (Å²) in [5.74, 6) is 2.14. The molecule has 1 atom stereocenters. The zero-order chi connectivity index (χ0) is 24.1. The Labute approximate surface area is 201 Å². The monoisotopic (exact) mass is 462 g/mol. The Kier molecular flexibility index (Phi) is 7.68. The molecule has 0 saturated carbocycles. The van der Waals surface area contributed by atoms with Gasteiger partial charge in [0.25, 0.3) is 0 Å². The van der Waals surface area contributed by atoms with Crippen molar-refractivity contribution in [1.82, 2.24) is 9.88 Å². The summed E-state index contributed by atoms with van der Waals surface area (Å²) in [5.41, 5.74) is 5.26. The number of aromatic nitrogens is 1. The first-order valence-corrected chi connectivity index (χ1v) is 12.1. The van der Waals surface area contributed by atoms with Crippen LogP contribution in [0.25, 0.3) is 11.5 Å². The Morgan fingerprint density at radius 2 is 1.94 bits per heavy atom. The maximum Gasteiger partial charge on any atom is 0.310 e. The first-order valence-electron chi connectivity index (χ1n) is 12.1. The van der Waals surface area contributed by atoms with Crippen molar-refractivity contribution in [2.45, 2.75) is 53.7 Å². The van der Waals surface area contributed by atoms with Gasteiger partial charge in [-0.2, -0.15) is 0 Å². The third-order valence-electron chi connectivity index (χ3n) is 6.33. The second kappa shape index (κ2) is 10.9. The lowest BCUT2D eigenvalue weighted by molar-refractivity contribution is -0.150. The Bertz CT molecular complexity index is 1120. The van der Waals surface area contributed by atoms with Crippen LogP contribution < -0.4 is 4.74 Å². The van der Waals surface area contributed by atoms with Crippen molar-refractivity contribution in [3.8, 4) is 17.2 Å². The number of benzene rings is 2. The van der Waals surface area contributed by atoms with Crippen LogP contribution in [0.5, 0.6) is 5.75 Å². The van der Waals surface area contributed by atoms with E-state index in [1.807, 2.05) is 32.0 Å². The van der Waals surface area contributed by atoms with Crippen molar-refractivity contribution in [2.24, 2.45) is 5.92 Å². The minimum atomic E-state index is -0.0687. The summed E-state index contributed by atoms with van der Waals surface area (Å²) in [6.07, 6.45) is 1.93. The highest BCUT2D eigenvalue weighted by atomic mass is 16.5. The van der Waals surface area contributed by atoms with E-state index in [1.54, 1.807) is 0 Å². The van der Waals surface area contributed by atoms with Gasteiger partial charge in [0.05, 0.1) is 12.5 Å². The van der Waals surface area contributed by atoms with Gasteiger partial charge in [0.2, 0.25) is 5.89 Å². The fraction of sp³-hybridized carbons (Fsp3) is 0.429. The molecular weight excluding hydrogens is 428 g/mol. The number of ether oxygens (including phenoxy) is 2. The minimum Gasteiger partial charge on any atom is -0.487 e. The number of rotatable bonds is 8. The smallest absolute Gasteiger partial charge is 0.310 e. The summed E-state index contributed by atoms with van der Waals surface area (Å²) in [6.45, 7) is 11.3. The Hall–Kier alpha value is -3.12. The highest BCUT2D eigenvalue weighted by Crippen LogP contribution is 2.26. The molecule has 6 nitrogen and oxygen atoms in total. The standard InChI is InChI=1S/C28H34N2O4/c1-5-32-28(31)24-7-6-14-30(17-24)16-22-10-13-26(20(3)15-22)33-18-25-21(4)34-27(29-25)23-11-8-19(2)9-12-23/h8-13,15,24H,5-7,14,16-18H2,1-4H3. The van der Waals surface area contributed by atoms with E-state index in [9.17, 15) is 4.79 Å². The maximum absolute atomic E-state index is 12.1. The normalized spacial score (nSPS) is 16.4. The third kappa shape index (κ3) is 5.86. The van der Waals surface area contributed by atoms with Gasteiger partial charge in [-0.15, -0.1) is 0 Å². The summed E-state index contributed by atoms with van der Waals surface area (Å²) in [4.78, 5) is 19.1. The van der Waals surface area contributed by atoms with E-state index < -0.39 is 0 Å². The molecule has 180 valence electrons. The van der Waals surface area contributed by atoms with E-state index in [2.05, 4.69) is 48.0 Å². The average molecular weight is 463 g/mol. The highest BCUT2D eigenvalue weighted by Gasteiger charge is 2.26. The third-order valence-corrected chi connectivity index (χ3v) is 6.33. The Morgan fingerprint density at radius 1 is 1.15 bits per heavy atom. The van der Waals surface area contributed by atoms with E-state index >= 15 is 0 Å². The number of esters is 1. The topological polar surface area (TPSA) is 64.8 Å². The lowest BCUT2D eigenvalue weighted by Gasteiger charge is -2.31. The van der Waals surface area contributed by atoms with E-state index in [0.29, 0.717) is 19.1 Å². The van der Waals surface area contributed by atoms with Crippen molar-refractivity contribution in [3.05, 3.63) is 70.6 Å². The van der Waals surface area contributed by atoms with Crippen molar-refractivity contribution in [1.29, 1.82) is 0 Å². The lowest BCUT2D eigenvalue weighted by atomic mass is 9.97. The number of aryl methyl sites for hydroxylation is 3. The Morgan fingerprint density at radius 3 is 2.68 bits per heavy atom. The second-order valence-corrected chi connectivity index (χ2v) is 9.10. The van der Waals surface area contributed by atoms with Crippen molar-refractivity contribution >= 4 is 5.97 Å². The van der Waals surface area contributed by atoms with Gasteiger partial charge < -0.3 is 13.9 Å². The van der Waals surface area contributed by atoms with Crippen LogP contribution >= 0.6 is 0 Å². The van der Waals surface area contributed by atoms with Gasteiger partial charge in [0.1, 0.15) is 23.8 Å². The second-order valence-electron chi connectivity index (χ2n) is 9.10. The molecule has 0 N–H and O–H groups in total. The molecular formula is C28H34N2O4. The van der Waals surface area contributed by atoms with Crippen LogP contribution in [0, 0.1) is 26.7 Å². The number of piperidine rings is 1. The first kappa shape index (κ1) is 24.0. The molecule has 1 unspecified atom stereocenters. The first-order chi connectivity index (χ1) is 16.4. The fourth-order valence-electron chi connectivity index (χ4n) is 4.41. The van der Waals surface area contributed by atoms with E-state index in [0.717, 1.165) is 60.8 Å². The van der Waals surface area contributed by atoms with Crippen LogP contribution in [-0.4, -0.2) is 35.5 Å². The van der Waals surface area contributed by atoms with Crippen LogP contribution in [0.3, 0.4) is 0 Å². The van der Waals surface area contributed by atoms with Gasteiger partial charge >= 0.3 is 5.97 Å². The number of oxazole rings is 1. The van der Waals surface area contributed by atoms with Crippen LogP contribution in [-0.2, 0) is 22.7 Å². The summed E-state index contributed by atoms with van der Waals surface area (Å²) in [7, 11) is 0. The van der Waals surface area contributed by atoms with Crippen LogP contribution in [0.4, 0.5) is 0 Å². The molecule has 2 aromatic carbocycles. The predicted octanol–water partition coefficient (Wildman–Crippen LogP) is 5.62. The lowest BCUT2D eigenvalue weighted by Crippen LogP contribution is -2.38. The Balaban J connectivity index is 1.36. The molecule has 2 heterocycles. The summed E-state index contributed by atoms with van der Waals surface area (Å²) in [5, 5.41) is 0. The van der Waals surface area contributed by atoms with Gasteiger partial charge in [-0.3, -0.25) is 9.69 Å². The quantitative estimate of drug-likeness (QED) is 0.405. The molecule has 3 aromatic rings.